The maximum Gasteiger partial charge on any atom is 0.308 e. The fraction of sp³-hybridized carbons (Fsp3) is 0.308. The quantitative estimate of drug-likeness (QED) is 0.875. The summed E-state index contributed by atoms with van der Waals surface area (Å²) in [4.78, 5) is 32.2. The van der Waals surface area contributed by atoms with Crippen molar-refractivity contribution in [2.75, 3.05) is 6.54 Å². The molecule has 21 heavy (non-hydrogen) atoms. The summed E-state index contributed by atoms with van der Waals surface area (Å²) >= 11 is 0. The van der Waals surface area contributed by atoms with Crippen LogP contribution in [0.2, 0.25) is 0 Å². The molecule has 1 aliphatic rings. The van der Waals surface area contributed by atoms with E-state index in [1.54, 1.807) is 24.5 Å². The molecule has 0 radical (unpaired) electrons. The number of hydrogen-bond acceptors (Lipinski definition) is 6. The first kappa shape index (κ1) is 13.2. The Morgan fingerprint density at radius 2 is 2.38 bits per heavy atom. The van der Waals surface area contributed by atoms with E-state index in [0.717, 1.165) is 0 Å². The zero-order valence-electron chi connectivity index (χ0n) is 11.0. The summed E-state index contributed by atoms with van der Waals surface area (Å²) in [6, 6.07) is 3.55. The number of rotatable bonds is 4. The van der Waals surface area contributed by atoms with Gasteiger partial charge in [0.25, 0.3) is 0 Å². The predicted octanol–water partition coefficient (Wildman–Crippen LogP) is 0.565. The zero-order valence-corrected chi connectivity index (χ0v) is 11.0. The minimum atomic E-state index is -0.965. The highest BCUT2D eigenvalue weighted by molar-refractivity contribution is 5.85. The highest BCUT2D eigenvalue weighted by Crippen LogP contribution is 2.21. The summed E-state index contributed by atoms with van der Waals surface area (Å²) in [6.07, 6.45) is 3.26. The van der Waals surface area contributed by atoms with Gasteiger partial charge >= 0.3 is 5.97 Å². The molecule has 0 spiro atoms. The van der Waals surface area contributed by atoms with E-state index in [1.807, 2.05) is 0 Å². The fourth-order valence-corrected chi connectivity index (χ4v) is 2.19. The first-order valence-corrected chi connectivity index (χ1v) is 6.37. The molecule has 1 saturated heterocycles. The number of pyridine rings is 1. The largest absolute Gasteiger partial charge is 0.481 e. The van der Waals surface area contributed by atoms with E-state index in [1.165, 1.54) is 4.90 Å². The van der Waals surface area contributed by atoms with Crippen LogP contribution in [-0.4, -0.2) is 43.6 Å². The van der Waals surface area contributed by atoms with Gasteiger partial charge in [0.1, 0.15) is 6.54 Å². The first-order valence-electron chi connectivity index (χ1n) is 6.37. The average Bonchev–Trinajstić information content (AvgIpc) is 3.08. The second-order valence-electron chi connectivity index (χ2n) is 4.77. The maximum absolute atomic E-state index is 11.7. The third-order valence-corrected chi connectivity index (χ3v) is 3.28. The number of hydrogen-bond donors (Lipinski definition) is 1. The number of carbonyl (C=O) groups is 2. The van der Waals surface area contributed by atoms with Crippen LogP contribution in [0.4, 0.5) is 0 Å². The van der Waals surface area contributed by atoms with Crippen molar-refractivity contribution in [3.63, 3.8) is 0 Å². The molecule has 3 rings (SSSR count). The zero-order chi connectivity index (χ0) is 14.8. The van der Waals surface area contributed by atoms with E-state index in [2.05, 4.69) is 15.1 Å². The number of carboxylic acid groups (broad SMARTS) is 1. The molecule has 2 aromatic heterocycles. The van der Waals surface area contributed by atoms with Gasteiger partial charge in [-0.05, 0) is 12.1 Å². The van der Waals surface area contributed by atoms with Crippen molar-refractivity contribution in [3.8, 4) is 11.4 Å². The highest BCUT2D eigenvalue weighted by atomic mass is 16.5. The number of nitrogens with zero attached hydrogens (tertiary/aromatic N) is 4. The Balaban J connectivity index is 1.71. The van der Waals surface area contributed by atoms with Gasteiger partial charge in [-0.3, -0.25) is 14.6 Å². The van der Waals surface area contributed by atoms with Crippen molar-refractivity contribution in [1.29, 1.82) is 0 Å². The molecule has 0 unspecified atom stereocenters. The van der Waals surface area contributed by atoms with Crippen LogP contribution in [0.15, 0.2) is 29.0 Å². The Morgan fingerprint density at radius 3 is 3.05 bits per heavy atom. The van der Waals surface area contributed by atoms with Crippen molar-refractivity contribution in [1.82, 2.24) is 20.0 Å². The molecule has 1 amide bonds. The second-order valence-corrected chi connectivity index (χ2v) is 4.77. The van der Waals surface area contributed by atoms with Gasteiger partial charge in [-0.15, -0.1) is 0 Å². The number of aliphatic carboxylic acids is 1. The van der Waals surface area contributed by atoms with Gasteiger partial charge in [0, 0.05) is 30.9 Å². The number of amides is 1. The SMILES string of the molecule is O=C(O)[C@H]1CC(=O)N(Cc2nc(-c3cccnc3)no2)C1. The predicted molar refractivity (Wildman–Crippen MR) is 68.7 cm³/mol. The van der Waals surface area contributed by atoms with E-state index < -0.39 is 11.9 Å². The summed E-state index contributed by atoms with van der Waals surface area (Å²) in [6.45, 7) is 0.286. The summed E-state index contributed by atoms with van der Waals surface area (Å²) in [5.41, 5.74) is 0.712. The van der Waals surface area contributed by atoms with Crippen molar-refractivity contribution >= 4 is 11.9 Å². The van der Waals surface area contributed by atoms with E-state index in [9.17, 15) is 9.59 Å². The van der Waals surface area contributed by atoms with Gasteiger partial charge in [-0.1, -0.05) is 5.16 Å². The molecule has 0 aliphatic carbocycles. The normalized spacial score (nSPS) is 18.2. The monoisotopic (exact) mass is 288 g/mol. The topological polar surface area (TPSA) is 109 Å². The van der Waals surface area contributed by atoms with Gasteiger partial charge in [-0.25, -0.2) is 0 Å². The highest BCUT2D eigenvalue weighted by Gasteiger charge is 2.35. The van der Waals surface area contributed by atoms with Gasteiger partial charge in [0.05, 0.1) is 5.92 Å². The Bertz CT molecular complexity index is 670. The van der Waals surface area contributed by atoms with Crippen molar-refractivity contribution < 1.29 is 19.2 Å². The molecule has 108 valence electrons. The number of likely N-dealkylation sites (tertiary alicyclic amines) is 1. The number of carboxylic acids is 1. The average molecular weight is 288 g/mol. The number of carbonyl (C=O) groups excluding carboxylic acids is 1. The molecular weight excluding hydrogens is 276 g/mol. The molecular formula is C13H12N4O4. The standard InChI is InChI=1S/C13H12N4O4/c18-11-4-9(13(19)20)6-17(11)7-10-15-12(16-21-10)8-2-1-3-14-5-8/h1-3,5,9H,4,6-7H2,(H,19,20)/t9-/m0/s1. The van der Waals surface area contributed by atoms with Crippen LogP contribution in [0.1, 0.15) is 12.3 Å². The Kier molecular flexibility index (Phi) is 3.35. The molecule has 3 heterocycles. The lowest BCUT2D eigenvalue weighted by atomic mass is 10.1. The third-order valence-electron chi connectivity index (χ3n) is 3.28. The Morgan fingerprint density at radius 1 is 1.52 bits per heavy atom. The molecule has 1 atom stereocenters. The third kappa shape index (κ3) is 2.73. The lowest BCUT2D eigenvalue weighted by Crippen LogP contribution is -2.25. The fourth-order valence-electron chi connectivity index (χ4n) is 2.19. The molecule has 8 heteroatoms. The van der Waals surface area contributed by atoms with Crippen molar-refractivity contribution in [2.24, 2.45) is 5.92 Å². The molecule has 0 aromatic carbocycles. The van der Waals surface area contributed by atoms with Gasteiger partial charge in [-0.2, -0.15) is 4.98 Å². The molecule has 0 saturated carbocycles. The minimum Gasteiger partial charge on any atom is -0.481 e. The summed E-state index contributed by atoms with van der Waals surface area (Å²) in [5.74, 6) is -1.19. The Labute approximate surface area is 119 Å². The summed E-state index contributed by atoms with van der Waals surface area (Å²) in [5, 5.41) is 12.8. The van der Waals surface area contributed by atoms with Crippen LogP contribution in [-0.2, 0) is 16.1 Å². The van der Waals surface area contributed by atoms with Crippen molar-refractivity contribution in [2.45, 2.75) is 13.0 Å². The lowest BCUT2D eigenvalue weighted by Gasteiger charge is -2.12. The van der Waals surface area contributed by atoms with E-state index >= 15 is 0 Å². The van der Waals surface area contributed by atoms with E-state index in [-0.39, 0.29) is 31.3 Å². The van der Waals surface area contributed by atoms with Gasteiger partial charge in [0.2, 0.25) is 17.6 Å². The summed E-state index contributed by atoms with van der Waals surface area (Å²) in [7, 11) is 0. The lowest BCUT2D eigenvalue weighted by molar-refractivity contribution is -0.141. The van der Waals surface area contributed by atoms with Gasteiger partial charge in [0.15, 0.2) is 0 Å². The minimum absolute atomic E-state index is 0.0128. The van der Waals surface area contributed by atoms with Crippen LogP contribution in [0, 0.1) is 5.92 Å². The van der Waals surface area contributed by atoms with Crippen LogP contribution in [0.3, 0.4) is 0 Å². The molecule has 1 fully saturated rings. The molecule has 1 aliphatic heterocycles. The first-order chi connectivity index (χ1) is 10.1. The van der Waals surface area contributed by atoms with E-state index in [4.69, 9.17) is 9.63 Å². The summed E-state index contributed by atoms with van der Waals surface area (Å²) < 4.78 is 5.09. The van der Waals surface area contributed by atoms with E-state index in [0.29, 0.717) is 11.4 Å². The molecule has 0 bridgehead atoms. The molecule has 8 nitrogen and oxygen atoms in total. The Hall–Kier alpha value is -2.77. The van der Waals surface area contributed by atoms with Crippen LogP contribution in [0.25, 0.3) is 11.4 Å². The maximum atomic E-state index is 11.7. The van der Waals surface area contributed by atoms with Gasteiger partial charge < -0.3 is 14.5 Å². The van der Waals surface area contributed by atoms with Crippen LogP contribution in [0.5, 0.6) is 0 Å². The second kappa shape index (κ2) is 5.31. The smallest absolute Gasteiger partial charge is 0.308 e. The molecule has 1 N–H and O–H groups in total. The molecule has 2 aromatic rings. The number of aromatic nitrogens is 3. The van der Waals surface area contributed by atoms with Crippen molar-refractivity contribution in [3.05, 3.63) is 30.4 Å². The van der Waals surface area contributed by atoms with Crippen LogP contribution >= 0.6 is 0 Å². The van der Waals surface area contributed by atoms with Crippen LogP contribution < -0.4 is 0 Å².